The topological polar surface area (TPSA) is 64.9 Å². The van der Waals surface area contributed by atoms with E-state index in [1.807, 2.05) is 0 Å². The summed E-state index contributed by atoms with van der Waals surface area (Å²) in [5.41, 5.74) is 6.08. The van der Waals surface area contributed by atoms with Crippen molar-refractivity contribution in [1.82, 2.24) is 10.1 Å². The normalized spacial score (nSPS) is 24.3. The molecule has 0 spiro atoms. The average Bonchev–Trinajstić information content (AvgIpc) is 2.95. The van der Waals surface area contributed by atoms with Gasteiger partial charge in [0.2, 0.25) is 5.89 Å². The molecule has 0 unspecified atom stereocenters. The standard InChI is InChI=1S/C13H21N3O.ClH/c1-2-12(6-3-4-7-12)11-15-10(16-17-11)13(14)8-5-9-13;/h2-9,14H2,1H3;1H. The number of hydrogen-bond donors (Lipinski definition) is 1. The Morgan fingerprint density at radius 3 is 2.33 bits per heavy atom. The van der Waals surface area contributed by atoms with E-state index in [0.717, 1.165) is 31.0 Å². The number of rotatable bonds is 3. The third kappa shape index (κ3) is 1.95. The minimum atomic E-state index is -0.296. The van der Waals surface area contributed by atoms with Crippen LogP contribution in [0.5, 0.6) is 0 Å². The van der Waals surface area contributed by atoms with Crippen molar-refractivity contribution in [1.29, 1.82) is 0 Å². The molecule has 0 saturated heterocycles. The first-order chi connectivity index (χ1) is 8.19. The van der Waals surface area contributed by atoms with Crippen LogP contribution in [0, 0.1) is 0 Å². The lowest BCUT2D eigenvalue weighted by molar-refractivity contribution is 0.225. The predicted molar refractivity (Wildman–Crippen MR) is 71.7 cm³/mol. The summed E-state index contributed by atoms with van der Waals surface area (Å²) in [4.78, 5) is 4.63. The summed E-state index contributed by atoms with van der Waals surface area (Å²) in [6, 6.07) is 0. The summed E-state index contributed by atoms with van der Waals surface area (Å²) in [7, 11) is 0. The van der Waals surface area contributed by atoms with Crippen molar-refractivity contribution in [2.24, 2.45) is 5.73 Å². The Balaban J connectivity index is 0.00000120. The van der Waals surface area contributed by atoms with E-state index >= 15 is 0 Å². The molecule has 0 radical (unpaired) electrons. The quantitative estimate of drug-likeness (QED) is 0.918. The Labute approximate surface area is 114 Å². The molecule has 1 aromatic heterocycles. The van der Waals surface area contributed by atoms with E-state index in [4.69, 9.17) is 10.3 Å². The van der Waals surface area contributed by atoms with Crippen molar-refractivity contribution in [3.63, 3.8) is 0 Å². The van der Waals surface area contributed by atoms with Gasteiger partial charge in [-0.25, -0.2) is 0 Å². The molecule has 1 heterocycles. The molecule has 102 valence electrons. The van der Waals surface area contributed by atoms with E-state index < -0.39 is 0 Å². The SMILES string of the molecule is CCC1(c2nc(C3(N)CCC3)no2)CCCC1.Cl. The van der Waals surface area contributed by atoms with Crippen molar-refractivity contribution < 1.29 is 4.52 Å². The molecule has 2 fully saturated rings. The third-order valence-electron chi connectivity index (χ3n) is 4.81. The van der Waals surface area contributed by atoms with Gasteiger partial charge in [0.15, 0.2) is 5.82 Å². The number of nitrogens with two attached hydrogens (primary N) is 1. The first kappa shape index (κ1) is 13.8. The molecular formula is C13H22ClN3O. The maximum atomic E-state index is 6.24. The van der Waals surface area contributed by atoms with Crippen LogP contribution >= 0.6 is 12.4 Å². The summed E-state index contributed by atoms with van der Waals surface area (Å²) in [5.74, 6) is 1.57. The summed E-state index contributed by atoms with van der Waals surface area (Å²) < 4.78 is 5.52. The minimum Gasteiger partial charge on any atom is -0.339 e. The Morgan fingerprint density at radius 2 is 1.83 bits per heavy atom. The van der Waals surface area contributed by atoms with Gasteiger partial charge in [0.25, 0.3) is 0 Å². The molecule has 4 nitrogen and oxygen atoms in total. The van der Waals surface area contributed by atoms with Crippen LogP contribution < -0.4 is 5.73 Å². The Kier molecular flexibility index (Phi) is 3.70. The zero-order valence-corrected chi connectivity index (χ0v) is 11.8. The molecule has 2 aliphatic rings. The van der Waals surface area contributed by atoms with Crippen LogP contribution in [0.25, 0.3) is 0 Å². The second-order valence-corrected chi connectivity index (χ2v) is 5.77. The monoisotopic (exact) mass is 271 g/mol. The summed E-state index contributed by atoms with van der Waals surface area (Å²) in [6.45, 7) is 2.22. The molecule has 0 atom stereocenters. The van der Waals surface area contributed by atoms with Crippen LogP contribution in [0.2, 0.25) is 0 Å². The summed E-state index contributed by atoms with van der Waals surface area (Å²) >= 11 is 0. The molecule has 0 aliphatic heterocycles. The fraction of sp³-hybridized carbons (Fsp3) is 0.846. The molecule has 0 amide bonds. The largest absolute Gasteiger partial charge is 0.339 e. The Hall–Kier alpha value is -0.610. The lowest BCUT2D eigenvalue weighted by Crippen LogP contribution is -2.44. The maximum Gasteiger partial charge on any atom is 0.232 e. The molecule has 2 N–H and O–H groups in total. The van der Waals surface area contributed by atoms with Gasteiger partial charge in [0, 0.05) is 5.41 Å². The van der Waals surface area contributed by atoms with E-state index in [1.165, 1.54) is 32.1 Å². The lowest BCUT2D eigenvalue weighted by atomic mass is 9.77. The van der Waals surface area contributed by atoms with E-state index in [2.05, 4.69) is 17.1 Å². The second-order valence-electron chi connectivity index (χ2n) is 5.77. The zero-order valence-electron chi connectivity index (χ0n) is 10.9. The Bertz CT molecular complexity index is 408. The molecule has 2 aliphatic carbocycles. The van der Waals surface area contributed by atoms with Gasteiger partial charge in [-0.05, 0) is 38.5 Å². The third-order valence-corrected chi connectivity index (χ3v) is 4.81. The van der Waals surface area contributed by atoms with Gasteiger partial charge in [0.05, 0.1) is 5.54 Å². The molecule has 1 aromatic rings. The van der Waals surface area contributed by atoms with Crippen LogP contribution in [0.15, 0.2) is 4.52 Å². The van der Waals surface area contributed by atoms with Gasteiger partial charge in [-0.1, -0.05) is 24.9 Å². The number of aromatic nitrogens is 2. The number of halogens is 1. The van der Waals surface area contributed by atoms with Crippen LogP contribution in [0.1, 0.15) is 70.0 Å². The highest BCUT2D eigenvalue weighted by Crippen LogP contribution is 2.44. The van der Waals surface area contributed by atoms with E-state index in [1.54, 1.807) is 0 Å². The molecular weight excluding hydrogens is 250 g/mol. The first-order valence-electron chi connectivity index (χ1n) is 6.82. The first-order valence-corrected chi connectivity index (χ1v) is 6.82. The summed E-state index contributed by atoms with van der Waals surface area (Å²) in [6.07, 6.45) is 9.17. The average molecular weight is 272 g/mol. The van der Waals surface area contributed by atoms with Gasteiger partial charge < -0.3 is 10.3 Å². The van der Waals surface area contributed by atoms with E-state index in [-0.39, 0.29) is 23.4 Å². The highest BCUT2D eigenvalue weighted by atomic mass is 35.5. The second kappa shape index (κ2) is 4.82. The number of hydrogen-bond acceptors (Lipinski definition) is 4. The van der Waals surface area contributed by atoms with Crippen LogP contribution in [-0.2, 0) is 11.0 Å². The molecule has 3 rings (SSSR count). The van der Waals surface area contributed by atoms with E-state index in [0.29, 0.717) is 0 Å². The highest BCUT2D eigenvalue weighted by molar-refractivity contribution is 5.85. The van der Waals surface area contributed by atoms with Crippen molar-refractivity contribution in [2.75, 3.05) is 0 Å². The molecule has 5 heteroatoms. The number of nitrogens with zero attached hydrogens (tertiary/aromatic N) is 2. The summed E-state index contributed by atoms with van der Waals surface area (Å²) in [5, 5.41) is 4.14. The molecule has 0 bridgehead atoms. The minimum absolute atomic E-state index is 0. The molecule has 0 aromatic carbocycles. The van der Waals surface area contributed by atoms with Crippen molar-refractivity contribution in [2.45, 2.75) is 69.2 Å². The van der Waals surface area contributed by atoms with Gasteiger partial charge in [-0.2, -0.15) is 4.98 Å². The maximum absolute atomic E-state index is 6.24. The predicted octanol–water partition coefficient (Wildman–Crippen LogP) is 3.05. The van der Waals surface area contributed by atoms with Crippen LogP contribution in [0.3, 0.4) is 0 Å². The van der Waals surface area contributed by atoms with Gasteiger partial charge in [-0.15, -0.1) is 12.4 Å². The van der Waals surface area contributed by atoms with Crippen molar-refractivity contribution in [3.8, 4) is 0 Å². The van der Waals surface area contributed by atoms with Crippen LogP contribution in [-0.4, -0.2) is 10.1 Å². The molecule has 2 saturated carbocycles. The van der Waals surface area contributed by atoms with Gasteiger partial charge in [0.1, 0.15) is 0 Å². The zero-order chi connectivity index (χ0) is 11.9. The van der Waals surface area contributed by atoms with Gasteiger partial charge >= 0.3 is 0 Å². The fourth-order valence-electron chi connectivity index (χ4n) is 3.19. The fourth-order valence-corrected chi connectivity index (χ4v) is 3.19. The van der Waals surface area contributed by atoms with Crippen molar-refractivity contribution in [3.05, 3.63) is 11.7 Å². The van der Waals surface area contributed by atoms with Gasteiger partial charge in [-0.3, -0.25) is 0 Å². The Morgan fingerprint density at radius 1 is 1.17 bits per heavy atom. The van der Waals surface area contributed by atoms with E-state index in [9.17, 15) is 0 Å². The highest BCUT2D eigenvalue weighted by Gasteiger charge is 2.43. The lowest BCUT2D eigenvalue weighted by Gasteiger charge is -2.34. The molecule has 18 heavy (non-hydrogen) atoms. The smallest absolute Gasteiger partial charge is 0.232 e. The van der Waals surface area contributed by atoms with Crippen molar-refractivity contribution >= 4 is 12.4 Å². The van der Waals surface area contributed by atoms with Crippen LogP contribution in [0.4, 0.5) is 0 Å².